The topological polar surface area (TPSA) is 12.0 Å². The largest absolute Gasteiger partial charge is 0.311 e. The smallest absolute Gasteiger partial charge is 0.0281 e. The summed E-state index contributed by atoms with van der Waals surface area (Å²) in [6, 6.07) is 0. The summed E-state index contributed by atoms with van der Waals surface area (Å²) in [5.74, 6) is 0. The molecule has 0 bridgehead atoms. The van der Waals surface area contributed by atoms with E-state index in [1.54, 1.807) is 0 Å². The van der Waals surface area contributed by atoms with E-state index in [1.165, 1.54) is 25.7 Å². The molecule has 0 spiro atoms. The second-order valence-electron chi connectivity index (χ2n) is 3.72. The van der Waals surface area contributed by atoms with E-state index >= 15 is 0 Å². The van der Waals surface area contributed by atoms with Crippen molar-refractivity contribution in [2.75, 3.05) is 19.3 Å². The zero-order chi connectivity index (χ0) is 9.73. The molecule has 76 valence electrons. The van der Waals surface area contributed by atoms with Crippen molar-refractivity contribution in [3.63, 3.8) is 0 Å². The summed E-state index contributed by atoms with van der Waals surface area (Å²) in [6.45, 7) is 5.83. The van der Waals surface area contributed by atoms with Gasteiger partial charge >= 0.3 is 0 Å². The minimum atomic E-state index is 0.516. The summed E-state index contributed by atoms with van der Waals surface area (Å²) in [7, 11) is 0. The molecular formula is C10H18BrNS. The predicted octanol–water partition coefficient (Wildman–Crippen LogP) is 3.16. The van der Waals surface area contributed by atoms with E-state index in [0.717, 1.165) is 17.6 Å². The van der Waals surface area contributed by atoms with Crippen molar-refractivity contribution in [2.45, 2.75) is 30.4 Å². The Morgan fingerprint density at radius 3 is 2.62 bits per heavy atom. The Morgan fingerprint density at radius 2 is 2.15 bits per heavy atom. The molecule has 0 saturated heterocycles. The van der Waals surface area contributed by atoms with E-state index in [9.17, 15) is 0 Å². The highest BCUT2D eigenvalue weighted by Crippen LogP contribution is 2.39. The molecule has 0 aromatic carbocycles. The highest BCUT2D eigenvalue weighted by molar-refractivity contribution is 9.11. The minimum absolute atomic E-state index is 0.516. The molecular weight excluding hydrogens is 246 g/mol. The van der Waals surface area contributed by atoms with Crippen molar-refractivity contribution < 1.29 is 0 Å². The molecule has 1 aliphatic carbocycles. The van der Waals surface area contributed by atoms with Gasteiger partial charge in [0.2, 0.25) is 0 Å². The van der Waals surface area contributed by atoms with Crippen LogP contribution in [0.5, 0.6) is 0 Å². The lowest BCUT2D eigenvalue weighted by molar-refractivity contribution is 0.553. The van der Waals surface area contributed by atoms with Gasteiger partial charge in [0.1, 0.15) is 0 Å². The fourth-order valence-corrected chi connectivity index (χ4v) is 3.04. The number of thioether (sulfide) groups is 1. The molecule has 0 aliphatic heterocycles. The zero-order valence-electron chi connectivity index (χ0n) is 8.24. The molecule has 3 heteroatoms. The molecule has 0 atom stereocenters. The van der Waals surface area contributed by atoms with Crippen LogP contribution >= 0.6 is 27.7 Å². The molecule has 0 unspecified atom stereocenters. The number of halogens is 1. The van der Waals surface area contributed by atoms with Crippen molar-refractivity contribution in [1.29, 1.82) is 0 Å². The van der Waals surface area contributed by atoms with Gasteiger partial charge in [-0.15, -0.1) is 0 Å². The lowest BCUT2D eigenvalue weighted by Gasteiger charge is -2.26. The van der Waals surface area contributed by atoms with Gasteiger partial charge in [-0.2, -0.15) is 11.8 Å². The van der Waals surface area contributed by atoms with Gasteiger partial charge in [0.15, 0.2) is 0 Å². The first-order valence-corrected chi connectivity index (χ1v) is 6.79. The number of hydrogen-bond donors (Lipinski definition) is 1. The first kappa shape index (κ1) is 11.6. The molecule has 13 heavy (non-hydrogen) atoms. The molecule has 0 heterocycles. The van der Waals surface area contributed by atoms with Gasteiger partial charge in [0, 0.05) is 22.3 Å². The third-order valence-corrected chi connectivity index (χ3v) is 4.41. The van der Waals surface area contributed by atoms with Gasteiger partial charge in [-0.3, -0.25) is 0 Å². The molecule has 0 radical (unpaired) electrons. The van der Waals surface area contributed by atoms with E-state index in [1.807, 2.05) is 11.8 Å². The van der Waals surface area contributed by atoms with Crippen molar-refractivity contribution in [3.05, 3.63) is 11.1 Å². The highest BCUT2D eigenvalue weighted by Gasteiger charge is 2.32. The number of rotatable bonds is 5. The Labute approximate surface area is 93.9 Å². The monoisotopic (exact) mass is 263 g/mol. The third kappa shape index (κ3) is 3.64. The fourth-order valence-electron chi connectivity index (χ4n) is 1.90. The van der Waals surface area contributed by atoms with E-state index in [2.05, 4.69) is 34.1 Å². The molecule has 1 nitrogen and oxygen atoms in total. The van der Waals surface area contributed by atoms with Crippen LogP contribution in [0.25, 0.3) is 0 Å². The summed E-state index contributed by atoms with van der Waals surface area (Å²) in [5, 5.41) is 3.45. The number of nitrogens with one attached hydrogen (secondary N) is 1. The van der Waals surface area contributed by atoms with Crippen molar-refractivity contribution >= 4 is 27.7 Å². The predicted molar refractivity (Wildman–Crippen MR) is 65.7 cm³/mol. The molecule has 1 rings (SSSR count). The Balaban J connectivity index is 2.27. The summed E-state index contributed by atoms with van der Waals surface area (Å²) < 4.78 is 1.56. The Hall–Kier alpha value is 0.530. The average Bonchev–Trinajstić information content (AvgIpc) is 2.53. The summed E-state index contributed by atoms with van der Waals surface area (Å²) in [5.41, 5.74) is 0. The Kier molecular flexibility index (Phi) is 4.84. The molecule has 1 aliphatic rings. The first-order chi connectivity index (χ1) is 6.18. The van der Waals surface area contributed by atoms with Crippen molar-refractivity contribution in [2.24, 2.45) is 0 Å². The fraction of sp³-hybridized carbons (Fsp3) is 0.800. The van der Waals surface area contributed by atoms with Crippen LogP contribution in [-0.2, 0) is 0 Å². The lowest BCUT2D eigenvalue weighted by atomic mass is 10.1. The van der Waals surface area contributed by atoms with Crippen LogP contribution in [-0.4, -0.2) is 24.1 Å². The van der Waals surface area contributed by atoms with E-state index in [4.69, 9.17) is 0 Å². The quantitative estimate of drug-likeness (QED) is 0.818. The second-order valence-corrected chi connectivity index (χ2v) is 6.11. The van der Waals surface area contributed by atoms with Crippen LogP contribution in [0.2, 0.25) is 0 Å². The lowest BCUT2D eigenvalue weighted by Crippen LogP contribution is -2.35. The molecule has 1 N–H and O–H groups in total. The Morgan fingerprint density at radius 1 is 1.54 bits per heavy atom. The standard InChI is InChI=1S/C10H18BrNS/c1-9(11)7-12-8-10(13-2)5-3-4-6-10/h12H,1,3-8H2,2H3. The second kappa shape index (κ2) is 5.42. The number of hydrogen-bond acceptors (Lipinski definition) is 2. The SMILES string of the molecule is C=C(Br)CNCC1(SC)CCCC1. The summed E-state index contributed by atoms with van der Waals surface area (Å²) in [4.78, 5) is 0. The third-order valence-electron chi connectivity index (χ3n) is 2.71. The maximum atomic E-state index is 3.82. The van der Waals surface area contributed by atoms with Crippen molar-refractivity contribution in [1.82, 2.24) is 5.32 Å². The van der Waals surface area contributed by atoms with Crippen LogP contribution in [0.3, 0.4) is 0 Å². The highest BCUT2D eigenvalue weighted by atomic mass is 79.9. The molecule has 0 aromatic rings. The molecule has 1 fully saturated rings. The molecule has 1 saturated carbocycles. The van der Waals surface area contributed by atoms with E-state index in [0.29, 0.717) is 4.75 Å². The van der Waals surface area contributed by atoms with Crippen LogP contribution in [0, 0.1) is 0 Å². The van der Waals surface area contributed by atoms with Gasteiger partial charge < -0.3 is 5.32 Å². The van der Waals surface area contributed by atoms with Gasteiger partial charge in [0.25, 0.3) is 0 Å². The summed E-state index contributed by atoms with van der Waals surface area (Å²) >= 11 is 5.38. The van der Waals surface area contributed by atoms with Crippen molar-refractivity contribution in [3.8, 4) is 0 Å². The maximum Gasteiger partial charge on any atom is 0.0281 e. The summed E-state index contributed by atoms with van der Waals surface area (Å²) in [6.07, 6.45) is 7.78. The van der Waals surface area contributed by atoms with E-state index < -0.39 is 0 Å². The van der Waals surface area contributed by atoms with Gasteiger partial charge in [-0.05, 0) is 19.1 Å². The average molecular weight is 264 g/mol. The van der Waals surface area contributed by atoms with Crippen LogP contribution < -0.4 is 5.32 Å². The van der Waals surface area contributed by atoms with Gasteiger partial charge in [-0.1, -0.05) is 35.4 Å². The maximum absolute atomic E-state index is 3.82. The first-order valence-electron chi connectivity index (χ1n) is 4.78. The van der Waals surface area contributed by atoms with Gasteiger partial charge in [-0.25, -0.2) is 0 Å². The van der Waals surface area contributed by atoms with Crippen LogP contribution in [0.4, 0.5) is 0 Å². The van der Waals surface area contributed by atoms with Crippen LogP contribution in [0.15, 0.2) is 11.1 Å². The molecule has 0 aromatic heterocycles. The Bertz CT molecular complexity index is 176. The van der Waals surface area contributed by atoms with E-state index in [-0.39, 0.29) is 0 Å². The normalized spacial score (nSPS) is 20.5. The van der Waals surface area contributed by atoms with Gasteiger partial charge in [0.05, 0.1) is 0 Å². The minimum Gasteiger partial charge on any atom is -0.311 e. The van der Waals surface area contributed by atoms with Crippen LogP contribution in [0.1, 0.15) is 25.7 Å². The zero-order valence-corrected chi connectivity index (χ0v) is 10.6. The molecule has 0 amide bonds.